The summed E-state index contributed by atoms with van der Waals surface area (Å²) in [7, 11) is 0. The van der Waals surface area contributed by atoms with Crippen LogP contribution in [-0.2, 0) is 27.1 Å². The van der Waals surface area contributed by atoms with Gasteiger partial charge in [0, 0.05) is 77.9 Å². The van der Waals surface area contributed by atoms with E-state index in [2.05, 4.69) is 278 Å². The second-order valence-corrected chi connectivity index (χ2v) is 36.3. The van der Waals surface area contributed by atoms with Crippen LogP contribution >= 0.6 is 0 Å². The van der Waals surface area contributed by atoms with Gasteiger partial charge in [0.05, 0.1) is 52.6 Å². The maximum Gasteiger partial charge on any atom is 0.252 e. The van der Waals surface area contributed by atoms with Gasteiger partial charge in [-0.25, -0.2) is 0 Å². The average molecular weight is 1500 g/mol. The molecule has 0 aliphatic carbocycles. The van der Waals surface area contributed by atoms with E-state index in [0.717, 1.165) is 123 Å². The molecule has 0 fully saturated rings. The minimum absolute atomic E-state index is 0.0393. The zero-order chi connectivity index (χ0) is 91.5. The van der Waals surface area contributed by atoms with Crippen molar-refractivity contribution in [3.8, 4) is 78.1 Å². The van der Waals surface area contributed by atoms with Crippen molar-refractivity contribution in [3.05, 3.63) is 355 Å². The minimum Gasteiger partial charge on any atom is -0.310 e. The quantitative estimate of drug-likeness (QED) is 0.127. The maximum absolute atomic E-state index is 10.4. The van der Waals surface area contributed by atoms with Gasteiger partial charge in [0.25, 0.3) is 6.71 Å². The molecule has 4 nitrogen and oxygen atoms in total. The van der Waals surface area contributed by atoms with Crippen LogP contribution in [0.3, 0.4) is 0 Å². The third-order valence-electron chi connectivity index (χ3n) is 23.4. The van der Waals surface area contributed by atoms with Gasteiger partial charge in [0.1, 0.15) is 0 Å². The Morgan fingerprint density at radius 1 is 0.252 bits per heavy atom. The number of fused-ring (bicyclic) bond motifs is 10. The van der Waals surface area contributed by atoms with Crippen LogP contribution in [-0.4, -0.2) is 15.8 Å². The van der Waals surface area contributed by atoms with Gasteiger partial charge >= 0.3 is 0 Å². The summed E-state index contributed by atoms with van der Waals surface area (Å²) >= 11 is 0. The topological polar surface area (TPSA) is 16.3 Å². The van der Waals surface area contributed by atoms with Gasteiger partial charge in [-0.3, -0.25) is 0 Å². The van der Waals surface area contributed by atoms with Gasteiger partial charge in [0.2, 0.25) is 0 Å². The monoisotopic (exact) mass is 1500 g/mol. The summed E-state index contributed by atoms with van der Waals surface area (Å²) in [6.07, 6.45) is 0. The fourth-order valence-electron chi connectivity index (χ4n) is 17.2. The second kappa shape index (κ2) is 27.1. The summed E-state index contributed by atoms with van der Waals surface area (Å²) in [6, 6.07) is 80.8. The molecule has 17 aromatic rings. The molecule has 0 unspecified atom stereocenters. The van der Waals surface area contributed by atoms with Crippen LogP contribution in [0.15, 0.2) is 327 Å². The zero-order valence-electron chi connectivity index (χ0n) is 82.0. The van der Waals surface area contributed by atoms with Crippen molar-refractivity contribution in [2.45, 2.75) is 131 Å². The largest absolute Gasteiger partial charge is 0.310 e. The normalized spacial score (nSPS) is 14.8. The Balaban J connectivity index is 1.05. The molecular weight excluding hydrogens is 1390 g/mol. The van der Waals surface area contributed by atoms with Crippen LogP contribution in [0, 0.1) is 0 Å². The summed E-state index contributed by atoms with van der Waals surface area (Å²) in [4.78, 5) is 4.84. The highest BCUT2D eigenvalue weighted by Gasteiger charge is 2.47. The fraction of sp³-hybridized carbons (Fsp3) is 0.182. The van der Waals surface area contributed by atoms with Gasteiger partial charge < -0.3 is 18.9 Å². The summed E-state index contributed by atoms with van der Waals surface area (Å²) < 4.78 is 143. The molecule has 19 rings (SSSR count). The summed E-state index contributed by atoms with van der Waals surface area (Å²) in [6.45, 7) is 30.7. The predicted octanol–water partition coefficient (Wildman–Crippen LogP) is 28.5. The maximum atomic E-state index is 10.4. The average Bonchev–Trinajstić information content (AvgIpc) is 1.50. The molecule has 115 heavy (non-hydrogen) atoms. The van der Waals surface area contributed by atoms with Gasteiger partial charge in [-0.1, -0.05) is 322 Å². The van der Waals surface area contributed by atoms with E-state index in [1.54, 1.807) is 9.13 Å². The standard InChI is InChI=1S/C110H99BN4/c1-106(2,3)78-50-56-97-91(60-78)85-46-28-30-48-95(85)112(97)83-52-54-93-99(68-83)114(104-87(72-38-24-18-25-39-72)62-80(108(7,8)9)63-88(104)73-40-26-19-27-41-73)101-66-82(110(13,14)15)67-102-103(101)111(93)94-55-53-84(113-96-49-31-29-47-86(96)92-61-79(107(4,5)6)51-57-98(92)113)69-100(94)115(102)105-89(76-44-32-42-74(58-76)70-34-20-16-21-35-70)64-81(109(10,11)12)65-90(105)77-45-33-43-75(59-77)71-36-22-17-23-37-71/h16-69H,1-15H3/i28D,29D,30D,31D,46D,47D,48D,49D,50D,51D,56D,57D,60D,61D. The van der Waals surface area contributed by atoms with Crippen LogP contribution in [0.5, 0.6) is 0 Å². The van der Waals surface area contributed by atoms with Crippen LogP contribution in [0.1, 0.15) is 151 Å². The first kappa shape index (κ1) is 58.4. The lowest BCUT2D eigenvalue weighted by Crippen LogP contribution is -2.61. The molecule has 0 N–H and O–H groups in total. The lowest BCUT2D eigenvalue weighted by Gasteiger charge is -2.47. The van der Waals surface area contributed by atoms with Gasteiger partial charge in [-0.2, -0.15) is 0 Å². The number of hydrogen-bond donors (Lipinski definition) is 0. The number of rotatable bonds is 10. The van der Waals surface area contributed by atoms with E-state index >= 15 is 0 Å². The third-order valence-corrected chi connectivity index (χ3v) is 23.4. The number of nitrogens with zero attached hydrogens (tertiary/aromatic N) is 4. The minimum atomic E-state index is -0.856. The Bertz CT molecular complexity index is 7450. The molecule has 5 heteroatoms. The molecule has 2 aliphatic rings. The number of benzene rings is 15. The Morgan fingerprint density at radius 2 is 0.565 bits per heavy atom. The highest BCUT2D eigenvalue weighted by atomic mass is 15.2. The Hall–Kier alpha value is -12.4. The Morgan fingerprint density at radius 3 is 0.930 bits per heavy atom. The molecule has 15 aromatic carbocycles. The molecule has 0 saturated heterocycles. The van der Waals surface area contributed by atoms with Crippen LogP contribution in [0.4, 0.5) is 34.1 Å². The van der Waals surface area contributed by atoms with E-state index in [1.165, 1.54) is 0 Å². The van der Waals surface area contributed by atoms with Crippen molar-refractivity contribution in [2.75, 3.05) is 9.80 Å². The van der Waals surface area contributed by atoms with Crippen molar-refractivity contribution >= 4 is 101 Å². The third kappa shape index (κ3) is 12.5. The Labute approximate surface area is 699 Å². The summed E-state index contributed by atoms with van der Waals surface area (Å²) in [5, 5.41) is 0.373. The smallest absolute Gasteiger partial charge is 0.252 e. The molecule has 0 saturated carbocycles. The highest BCUT2D eigenvalue weighted by Crippen LogP contribution is 2.56. The molecule has 4 heterocycles. The van der Waals surface area contributed by atoms with E-state index in [4.69, 9.17) is 0 Å². The highest BCUT2D eigenvalue weighted by molar-refractivity contribution is 7.00. The summed E-state index contributed by atoms with van der Waals surface area (Å²) in [5.74, 6) is 0. The van der Waals surface area contributed by atoms with Crippen molar-refractivity contribution < 1.29 is 19.2 Å². The first-order valence-corrected chi connectivity index (χ1v) is 40.0. The number of anilines is 6. The number of para-hydroxylation sites is 2. The van der Waals surface area contributed by atoms with Crippen LogP contribution < -0.4 is 26.2 Å². The molecule has 0 atom stereocenters. The van der Waals surface area contributed by atoms with Gasteiger partial charge in [0.15, 0.2) is 0 Å². The van der Waals surface area contributed by atoms with Gasteiger partial charge in [-0.05, 0) is 225 Å². The first-order valence-electron chi connectivity index (χ1n) is 47.0. The lowest BCUT2D eigenvalue weighted by molar-refractivity contribution is 0.590. The van der Waals surface area contributed by atoms with Crippen molar-refractivity contribution in [3.63, 3.8) is 0 Å². The molecule has 2 aromatic heterocycles. The van der Waals surface area contributed by atoms with Gasteiger partial charge in [-0.15, -0.1) is 0 Å². The molecule has 2 aliphatic heterocycles. The van der Waals surface area contributed by atoms with Crippen molar-refractivity contribution in [2.24, 2.45) is 0 Å². The first-order chi connectivity index (χ1) is 61.1. The van der Waals surface area contributed by atoms with E-state index in [0.29, 0.717) is 22.7 Å². The zero-order valence-corrected chi connectivity index (χ0v) is 68.0. The molecule has 0 spiro atoms. The van der Waals surface area contributed by atoms with E-state index in [1.807, 2.05) is 77.9 Å². The molecule has 0 bridgehead atoms. The van der Waals surface area contributed by atoms with E-state index in [-0.39, 0.29) is 115 Å². The van der Waals surface area contributed by atoms with E-state index < -0.39 is 58.0 Å². The second-order valence-electron chi connectivity index (χ2n) is 36.3. The molecular formula is C110H99BN4. The number of aromatic nitrogens is 2. The fourth-order valence-corrected chi connectivity index (χ4v) is 17.2. The SMILES string of the molecule is [2H]c1c([2H])c([2H])c2c(c1[2H])c1c([2H])c(C(C)(C)C)c([2H])c([2H])c1n2-c1ccc2c(c1)N(c1c(-c3ccccc3)cc(C(C)(C)C)cc1-c1ccccc1)c1cc(C(C)(C)C)cc3c1B2c1ccc(-n2c4c([2H])c([2H])c([2H])c([2H])c4c4c([2H])c(C(C)(C)C)c([2H])c([2H])c42)cc1N3c1c(-c2cccc(-c3ccccc3)c2)cc(C(C)(C)C)cc1-c1cccc(-c2ccccc2)c1. The van der Waals surface area contributed by atoms with Crippen molar-refractivity contribution in [1.82, 2.24) is 9.13 Å². The van der Waals surface area contributed by atoms with Crippen molar-refractivity contribution in [1.29, 1.82) is 0 Å². The molecule has 0 radical (unpaired) electrons. The van der Waals surface area contributed by atoms with Crippen LogP contribution in [0.25, 0.3) is 122 Å². The number of hydrogen-bond acceptors (Lipinski definition) is 2. The Kier molecular flexibility index (Phi) is 13.8. The molecule has 0 amide bonds. The van der Waals surface area contributed by atoms with E-state index in [9.17, 15) is 19.2 Å². The van der Waals surface area contributed by atoms with Crippen LogP contribution in [0.2, 0.25) is 0 Å². The summed E-state index contributed by atoms with van der Waals surface area (Å²) in [5.41, 5.74) is 19.5. The molecule has 562 valence electrons. The lowest BCUT2D eigenvalue weighted by atomic mass is 9.33. The predicted molar refractivity (Wildman–Crippen MR) is 495 cm³/mol.